The minimum atomic E-state index is 0.179. The van der Waals surface area contributed by atoms with Crippen LogP contribution in [-0.2, 0) is 5.41 Å². The monoisotopic (exact) mass is 401 g/mol. The van der Waals surface area contributed by atoms with Crippen LogP contribution in [0.4, 0.5) is 0 Å². The van der Waals surface area contributed by atoms with E-state index in [4.69, 9.17) is 4.42 Å². The zero-order valence-corrected chi connectivity index (χ0v) is 17.6. The third-order valence-electron chi connectivity index (χ3n) is 7.62. The zero-order valence-electron chi connectivity index (χ0n) is 17.6. The molecule has 1 saturated carbocycles. The molecule has 0 atom stereocenters. The third-order valence-corrected chi connectivity index (χ3v) is 7.62. The molecule has 1 fully saturated rings. The number of hydrogen-bond donors (Lipinski definition) is 0. The molecule has 2 aliphatic rings. The molecule has 0 bridgehead atoms. The molecule has 150 valence electrons. The van der Waals surface area contributed by atoms with Crippen LogP contribution in [0.25, 0.3) is 44.3 Å². The molecule has 0 unspecified atom stereocenters. The van der Waals surface area contributed by atoms with Gasteiger partial charge in [0, 0.05) is 27.9 Å². The van der Waals surface area contributed by atoms with Gasteiger partial charge in [-0.05, 0) is 65.8 Å². The lowest BCUT2D eigenvalue weighted by molar-refractivity contribution is 0.550. The fraction of sp³-hybridized carbons (Fsp3) is 0.207. The van der Waals surface area contributed by atoms with Gasteiger partial charge in [0.05, 0.1) is 5.69 Å². The van der Waals surface area contributed by atoms with Crippen LogP contribution >= 0.6 is 0 Å². The van der Waals surface area contributed by atoms with Gasteiger partial charge >= 0.3 is 0 Å². The molecule has 31 heavy (non-hydrogen) atoms. The lowest BCUT2D eigenvalue weighted by Crippen LogP contribution is -2.20. The third kappa shape index (κ3) is 2.15. The normalized spacial score (nSPS) is 16.3. The number of hydrogen-bond acceptors (Lipinski definition) is 2. The van der Waals surface area contributed by atoms with Crippen molar-refractivity contribution >= 4 is 21.9 Å². The SMILES string of the molecule is Cc1ccc2c(oc3ccc4c(c32)-c2ccccc2C42CCCC2)c1-c1ccccn1. The van der Waals surface area contributed by atoms with Gasteiger partial charge in [-0.3, -0.25) is 4.98 Å². The summed E-state index contributed by atoms with van der Waals surface area (Å²) in [6.07, 6.45) is 6.96. The molecular weight excluding hydrogens is 378 g/mol. The van der Waals surface area contributed by atoms with E-state index in [1.807, 2.05) is 18.3 Å². The van der Waals surface area contributed by atoms with Crippen LogP contribution in [-0.4, -0.2) is 4.98 Å². The van der Waals surface area contributed by atoms with E-state index in [2.05, 4.69) is 66.5 Å². The highest BCUT2D eigenvalue weighted by atomic mass is 16.3. The molecule has 2 heterocycles. The first-order valence-electron chi connectivity index (χ1n) is 11.3. The van der Waals surface area contributed by atoms with Crippen LogP contribution in [0.1, 0.15) is 42.4 Å². The Bertz CT molecular complexity index is 1490. The van der Waals surface area contributed by atoms with E-state index in [1.54, 1.807) is 0 Å². The first-order chi connectivity index (χ1) is 15.3. The van der Waals surface area contributed by atoms with Gasteiger partial charge < -0.3 is 4.42 Å². The van der Waals surface area contributed by atoms with Crippen molar-refractivity contribution in [2.24, 2.45) is 0 Å². The van der Waals surface area contributed by atoms with Gasteiger partial charge in [-0.25, -0.2) is 0 Å². The van der Waals surface area contributed by atoms with Crippen molar-refractivity contribution in [1.82, 2.24) is 4.98 Å². The Labute approximate surface area is 181 Å². The maximum Gasteiger partial charge on any atom is 0.145 e. The first-order valence-corrected chi connectivity index (χ1v) is 11.3. The minimum absolute atomic E-state index is 0.179. The van der Waals surface area contributed by atoms with Gasteiger partial charge in [0.2, 0.25) is 0 Å². The molecule has 1 spiro atoms. The van der Waals surface area contributed by atoms with E-state index in [1.165, 1.54) is 64.3 Å². The van der Waals surface area contributed by atoms with Crippen LogP contribution in [0, 0.1) is 6.92 Å². The lowest BCUT2D eigenvalue weighted by atomic mass is 9.76. The predicted octanol–water partition coefficient (Wildman–Crippen LogP) is 7.80. The summed E-state index contributed by atoms with van der Waals surface area (Å²) in [5.41, 5.74) is 11.2. The summed E-state index contributed by atoms with van der Waals surface area (Å²) in [6.45, 7) is 2.14. The van der Waals surface area contributed by atoms with Gasteiger partial charge in [0.1, 0.15) is 11.2 Å². The number of rotatable bonds is 1. The van der Waals surface area contributed by atoms with Crippen molar-refractivity contribution in [2.45, 2.75) is 38.0 Å². The maximum atomic E-state index is 6.57. The summed E-state index contributed by atoms with van der Waals surface area (Å²) < 4.78 is 6.57. The van der Waals surface area contributed by atoms with E-state index in [-0.39, 0.29) is 5.41 Å². The molecule has 5 aromatic rings. The highest BCUT2D eigenvalue weighted by molar-refractivity contribution is 6.17. The second-order valence-electron chi connectivity index (χ2n) is 9.15. The average molecular weight is 402 g/mol. The molecule has 2 aromatic heterocycles. The van der Waals surface area contributed by atoms with Crippen molar-refractivity contribution in [3.63, 3.8) is 0 Å². The Morgan fingerprint density at radius 2 is 1.65 bits per heavy atom. The van der Waals surface area contributed by atoms with Crippen molar-refractivity contribution in [1.29, 1.82) is 0 Å². The molecule has 0 aliphatic heterocycles. The van der Waals surface area contributed by atoms with Crippen molar-refractivity contribution < 1.29 is 4.42 Å². The first kappa shape index (κ1) is 17.3. The van der Waals surface area contributed by atoms with E-state index < -0.39 is 0 Å². The number of fused-ring (bicyclic) bond motifs is 9. The Hall–Kier alpha value is -3.39. The van der Waals surface area contributed by atoms with Crippen molar-refractivity contribution in [3.05, 3.63) is 89.6 Å². The average Bonchev–Trinajstić information content (AvgIpc) is 3.51. The topological polar surface area (TPSA) is 26.0 Å². The lowest BCUT2D eigenvalue weighted by Gasteiger charge is -2.26. The number of nitrogens with zero attached hydrogens (tertiary/aromatic N) is 1. The maximum absolute atomic E-state index is 6.57. The summed E-state index contributed by atoms with van der Waals surface area (Å²) in [4.78, 5) is 4.64. The largest absolute Gasteiger partial charge is 0.455 e. The van der Waals surface area contributed by atoms with Gasteiger partial charge in [0.15, 0.2) is 0 Å². The molecule has 2 aliphatic carbocycles. The number of benzene rings is 3. The van der Waals surface area contributed by atoms with Crippen LogP contribution in [0.2, 0.25) is 0 Å². The fourth-order valence-electron chi connectivity index (χ4n) is 6.32. The highest BCUT2D eigenvalue weighted by Crippen LogP contribution is 2.59. The van der Waals surface area contributed by atoms with E-state index >= 15 is 0 Å². The zero-order chi connectivity index (χ0) is 20.6. The van der Waals surface area contributed by atoms with Gasteiger partial charge in [-0.2, -0.15) is 0 Å². The van der Waals surface area contributed by atoms with Crippen LogP contribution in [0.5, 0.6) is 0 Å². The smallest absolute Gasteiger partial charge is 0.145 e. The molecule has 2 nitrogen and oxygen atoms in total. The predicted molar refractivity (Wildman–Crippen MR) is 126 cm³/mol. The van der Waals surface area contributed by atoms with Crippen LogP contribution in [0.3, 0.4) is 0 Å². The minimum Gasteiger partial charge on any atom is -0.455 e. The van der Waals surface area contributed by atoms with Crippen molar-refractivity contribution in [3.8, 4) is 22.4 Å². The highest BCUT2D eigenvalue weighted by Gasteiger charge is 2.45. The van der Waals surface area contributed by atoms with E-state index in [0.717, 1.165) is 22.4 Å². The van der Waals surface area contributed by atoms with E-state index in [0.29, 0.717) is 0 Å². The molecule has 0 N–H and O–H groups in total. The second kappa shape index (κ2) is 6.07. The van der Waals surface area contributed by atoms with Gasteiger partial charge in [-0.1, -0.05) is 61.4 Å². The summed E-state index contributed by atoms with van der Waals surface area (Å²) >= 11 is 0. The van der Waals surface area contributed by atoms with Crippen molar-refractivity contribution in [2.75, 3.05) is 0 Å². The molecule has 7 rings (SSSR count). The molecule has 0 saturated heterocycles. The number of aromatic nitrogens is 1. The molecule has 0 radical (unpaired) electrons. The molecule has 3 aromatic carbocycles. The molecule has 2 heteroatoms. The number of aryl methyl sites for hydroxylation is 1. The molecule has 0 amide bonds. The van der Waals surface area contributed by atoms with E-state index in [9.17, 15) is 0 Å². The summed E-state index contributed by atoms with van der Waals surface area (Å²) in [5.74, 6) is 0. The van der Waals surface area contributed by atoms with Crippen LogP contribution < -0.4 is 0 Å². The Kier molecular flexibility index (Phi) is 3.39. The summed E-state index contributed by atoms with van der Waals surface area (Å²) in [6, 6.07) is 24.1. The molecular formula is C29H23NO. The number of furan rings is 1. The van der Waals surface area contributed by atoms with Gasteiger partial charge in [-0.15, -0.1) is 0 Å². The summed E-state index contributed by atoms with van der Waals surface area (Å²) in [5, 5.41) is 2.46. The second-order valence-corrected chi connectivity index (χ2v) is 9.15. The quantitative estimate of drug-likeness (QED) is 0.286. The van der Waals surface area contributed by atoms with Gasteiger partial charge in [0.25, 0.3) is 0 Å². The number of pyridine rings is 1. The Balaban J connectivity index is 1.63. The Morgan fingerprint density at radius 3 is 2.48 bits per heavy atom. The fourth-order valence-corrected chi connectivity index (χ4v) is 6.32. The Morgan fingerprint density at radius 1 is 0.806 bits per heavy atom. The summed E-state index contributed by atoms with van der Waals surface area (Å²) in [7, 11) is 0. The van der Waals surface area contributed by atoms with Crippen LogP contribution in [0.15, 0.2) is 77.3 Å². The standard InChI is InChI=1S/C29H23NO/c1-18-11-12-20-27-24(31-28(20)25(18)23-10-4-7-17-30-23)14-13-22-26(27)19-8-2-3-9-21(19)29(22)15-5-6-16-29/h2-4,7-14,17H,5-6,15-16H2,1H3.